The van der Waals surface area contributed by atoms with E-state index in [1.807, 2.05) is 20.8 Å². The van der Waals surface area contributed by atoms with Gasteiger partial charge in [0.1, 0.15) is 5.82 Å². The van der Waals surface area contributed by atoms with Gasteiger partial charge in [-0.25, -0.2) is 9.88 Å². The Bertz CT molecular complexity index is 1770. The zero-order valence-corrected chi connectivity index (χ0v) is 24.9. The predicted octanol–water partition coefficient (Wildman–Crippen LogP) is 6.98. The van der Waals surface area contributed by atoms with E-state index in [2.05, 4.69) is 4.98 Å². The van der Waals surface area contributed by atoms with Crippen LogP contribution in [0.4, 0.5) is 32.2 Å². The molecule has 0 saturated carbocycles. The zero-order valence-electron chi connectivity index (χ0n) is 24.9. The lowest BCUT2D eigenvalue weighted by molar-refractivity contribution is -0.288. The van der Waals surface area contributed by atoms with Crippen LogP contribution >= 0.6 is 0 Å². The van der Waals surface area contributed by atoms with Crippen molar-refractivity contribution in [2.75, 3.05) is 4.90 Å². The summed E-state index contributed by atoms with van der Waals surface area (Å²) in [7, 11) is 0. The number of imide groups is 2. The average molecular weight is 632 g/mol. The lowest BCUT2D eigenvalue weighted by Crippen LogP contribution is -2.55. The molecule has 2 aromatic carbocycles. The van der Waals surface area contributed by atoms with Gasteiger partial charge in [-0.3, -0.25) is 24.1 Å². The van der Waals surface area contributed by atoms with E-state index in [0.29, 0.717) is 29.2 Å². The molecular formula is C32H27F6N3O4. The van der Waals surface area contributed by atoms with Gasteiger partial charge in [0.25, 0.3) is 23.6 Å². The predicted molar refractivity (Wildman–Crippen MR) is 150 cm³/mol. The molecule has 0 aliphatic carbocycles. The van der Waals surface area contributed by atoms with E-state index in [9.17, 15) is 45.5 Å². The molecule has 0 fully saturated rings. The number of anilines is 1. The van der Waals surface area contributed by atoms with Crippen LogP contribution in [0.2, 0.25) is 0 Å². The second kappa shape index (κ2) is 9.72. The number of aromatic nitrogens is 1. The number of hydrogen-bond donors (Lipinski definition) is 0. The SMILES string of the molecule is CC(C)(C)c1ccc(N2C(=O)c3ccc(C(c4ccc5c(c4)C(=O)N(C(C)(C)C)C5=O)(C(F)(F)F)C(F)(F)F)cc3C2=O)nc1. The summed E-state index contributed by atoms with van der Waals surface area (Å²) in [5, 5.41) is 0. The third-order valence-electron chi connectivity index (χ3n) is 8.00. The molecule has 0 atom stereocenters. The number of benzene rings is 2. The van der Waals surface area contributed by atoms with Crippen LogP contribution in [0.3, 0.4) is 0 Å². The topological polar surface area (TPSA) is 87.7 Å². The van der Waals surface area contributed by atoms with Crippen molar-refractivity contribution in [3.8, 4) is 0 Å². The summed E-state index contributed by atoms with van der Waals surface area (Å²) in [6.07, 6.45) is -10.7. The Kier molecular flexibility index (Phi) is 6.88. The summed E-state index contributed by atoms with van der Waals surface area (Å²) in [4.78, 5) is 58.0. The highest BCUT2D eigenvalue weighted by Crippen LogP contribution is 2.57. The third kappa shape index (κ3) is 4.62. The first-order valence-corrected chi connectivity index (χ1v) is 13.7. The average Bonchev–Trinajstić information content (AvgIpc) is 3.30. The lowest BCUT2D eigenvalue weighted by Gasteiger charge is -2.38. The molecular weight excluding hydrogens is 604 g/mol. The number of rotatable bonds is 3. The minimum Gasteiger partial charge on any atom is -0.269 e. The van der Waals surface area contributed by atoms with Gasteiger partial charge in [-0.2, -0.15) is 26.3 Å². The van der Waals surface area contributed by atoms with Crippen molar-refractivity contribution in [3.05, 3.63) is 93.7 Å². The van der Waals surface area contributed by atoms with Crippen molar-refractivity contribution < 1.29 is 45.5 Å². The summed E-state index contributed by atoms with van der Waals surface area (Å²) < 4.78 is 89.9. The van der Waals surface area contributed by atoms with Crippen LogP contribution in [0.1, 0.15) is 99.7 Å². The highest BCUT2D eigenvalue weighted by atomic mass is 19.4. The molecule has 3 heterocycles. The Morgan fingerprint density at radius 2 is 0.978 bits per heavy atom. The molecule has 0 spiro atoms. The van der Waals surface area contributed by atoms with Crippen LogP contribution in [0.25, 0.3) is 0 Å². The van der Waals surface area contributed by atoms with E-state index in [1.54, 1.807) is 6.07 Å². The van der Waals surface area contributed by atoms with Gasteiger partial charge < -0.3 is 0 Å². The van der Waals surface area contributed by atoms with Gasteiger partial charge in [0.15, 0.2) is 0 Å². The van der Waals surface area contributed by atoms with E-state index in [0.717, 1.165) is 22.6 Å². The van der Waals surface area contributed by atoms with Gasteiger partial charge in [0.2, 0.25) is 5.41 Å². The van der Waals surface area contributed by atoms with E-state index >= 15 is 0 Å². The molecule has 13 heteroatoms. The highest BCUT2D eigenvalue weighted by Gasteiger charge is 2.73. The fraction of sp³-hybridized carbons (Fsp3) is 0.344. The number of carbonyl (C=O) groups is 4. The monoisotopic (exact) mass is 631 g/mol. The maximum absolute atomic E-state index is 15.0. The summed E-state index contributed by atoms with van der Waals surface area (Å²) in [5.74, 6) is -4.17. The Morgan fingerprint density at radius 3 is 1.40 bits per heavy atom. The normalized spacial score (nSPS) is 16.1. The smallest absolute Gasteiger partial charge is 0.269 e. The number of amides is 4. The second-order valence-corrected chi connectivity index (χ2v) is 13.0. The zero-order chi connectivity index (χ0) is 33.7. The summed E-state index contributed by atoms with van der Waals surface area (Å²) in [6, 6.07) is 6.30. The quantitative estimate of drug-likeness (QED) is 0.230. The molecule has 0 radical (unpaired) electrons. The van der Waals surface area contributed by atoms with Crippen molar-refractivity contribution in [2.45, 2.75) is 70.3 Å². The number of hydrogen-bond acceptors (Lipinski definition) is 5. The molecule has 3 aromatic rings. The largest absolute Gasteiger partial charge is 0.411 e. The van der Waals surface area contributed by atoms with E-state index < -0.39 is 74.8 Å². The van der Waals surface area contributed by atoms with Gasteiger partial charge in [-0.1, -0.05) is 39.0 Å². The number of alkyl halides is 6. The molecule has 2 aliphatic heterocycles. The first-order valence-electron chi connectivity index (χ1n) is 13.7. The molecule has 0 N–H and O–H groups in total. The molecule has 7 nitrogen and oxygen atoms in total. The second-order valence-electron chi connectivity index (χ2n) is 13.0. The Morgan fingerprint density at radius 1 is 0.556 bits per heavy atom. The van der Waals surface area contributed by atoms with Gasteiger partial charge in [-0.15, -0.1) is 0 Å². The maximum atomic E-state index is 15.0. The number of fused-ring (bicyclic) bond motifs is 2. The Balaban J connectivity index is 1.68. The summed E-state index contributed by atoms with van der Waals surface area (Å²) in [5.41, 5.74) is -10.3. The molecule has 4 amide bonds. The van der Waals surface area contributed by atoms with E-state index in [-0.39, 0.29) is 16.8 Å². The van der Waals surface area contributed by atoms with Gasteiger partial charge >= 0.3 is 12.4 Å². The molecule has 45 heavy (non-hydrogen) atoms. The van der Waals surface area contributed by atoms with Crippen molar-refractivity contribution in [2.24, 2.45) is 0 Å². The number of halogens is 6. The van der Waals surface area contributed by atoms with Crippen molar-refractivity contribution in [1.29, 1.82) is 0 Å². The molecule has 0 saturated heterocycles. The van der Waals surface area contributed by atoms with E-state index in [1.165, 1.54) is 33.0 Å². The van der Waals surface area contributed by atoms with Crippen molar-refractivity contribution in [3.63, 3.8) is 0 Å². The van der Waals surface area contributed by atoms with Crippen LogP contribution in [-0.4, -0.2) is 51.4 Å². The minimum absolute atomic E-state index is 0.154. The molecule has 5 rings (SSSR count). The number of carbonyl (C=O) groups excluding carboxylic acids is 4. The van der Waals surface area contributed by atoms with Crippen LogP contribution in [0.5, 0.6) is 0 Å². The summed E-state index contributed by atoms with van der Waals surface area (Å²) >= 11 is 0. The lowest BCUT2D eigenvalue weighted by atomic mass is 9.71. The van der Waals surface area contributed by atoms with Gasteiger partial charge in [-0.05, 0) is 73.2 Å². The molecule has 1 aromatic heterocycles. The molecule has 2 aliphatic rings. The fourth-order valence-corrected chi connectivity index (χ4v) is 5.71. The van der Waals surface area contributed by atoms with Crippen LogP contribution in [0, 0.1) is 0 Å². The maximum Gasteiger partial charge on any atom is 0.411 e. The molecule has 0 bridgehead atoms. The standard InChI is InChI=1S/C32H27F6N3O4/c1-28(2,3)18-9-12-23(39-15-18)40-24(42)19-10-7-16(13-21(19)25(40)43)30(31(33,34)35,32(36,37)38)17-8-11-20-22(14-17)27(45)41(26(20)44)29(4,5)6/h7-15H,1-6H3. The Hall–Kier alpha value is -4.55. The highest BCUT2D eigenvalue weighted by molar-refractivity contribution is 6.34. The van der Waals surface area contributed by atoms with Gasteiger partial charge in [0.05, 0.1) is 22.3 Å². The van der Waals surface area contributed by atoms with Crippen molar-refractivity contribution in [1.82, 2.24) is 9.88 Å². The first-order chi connectivity index (χ1) is 20.5. The number of pyridine rings is 1. The van der Waals surface area contributed by atoms with Gasteiger partial charge in [0, 0.05) is 11.7 Å². The third-order valence-corrected chi connectivity index (χ3v) is 8.00. The van der Waals surface area contributed by atoms with Crippen LogP contribution < -0.4 is 4.90 Å². The summed E-state index contributed by atoms with van der Waals surface area (Å²) in [6.45, 7) is 10.2. The minimum atomic E-state index is -6.06. The van der Waals surface area contributed by atoms with E-state index in [4.69, 9.17) is 0 Å². The van der Waals surface area contributed by atoms with Crippen LogP contribution in [0.15, 0.2) is 54.7 Å². The van der Waals surface area contributed by atoms with Crippen molar-refractivity contribution >= 4 is 29.4 Å². The Labute approximate surface area is 253 Å². The molecule has 236 valence electrons. The first kappa shape index (κ1) is 31.9. The fourth-order valence-electron chi connectivity index (χ4n) is 5.71. The number of nitrogens with zero attached hydrogens (tertiary/aromatic N) is 3. The van der Waals surface area contributed by atoms with Crippen LogP contribution in [-0.2, 0) is 10.8 Å². The molecule has 0 unspecified atom stereocenters.